The molecule has 1 aliphatic heterocycles. The monoisotopic (exact) mass is 432 g/mol. The van der Waals surface area contributed by atoms with Gasteiger partial charge in [-0.05, 0) is 48.6 Å². The third-order valence-electron chi connectivity index (χ3n) is 5.39. The molecule has 0 spiro atoms. The molecule has 0 unspecified atom stereocenters. The molecule has 1 heterocycles. The highest BCUT2D eigenvalue weighted by Gasteiger charge is 2.29. The van der Waals surface area contributed by atoms with Crippen LogP contribution in [-0.2, 0) is 16.6 Å². The number of hydrogen-bond donors (Lipinski definition) is 1. The zero-order chi connectivity index (χ0) is 21.6. The minimum Gasteiger partial charge on any atom is -0.356 e. The molecular formula is C22H29FN4O2S. The summed E-state index contributed by atoms with van der Waals surface area (Å²) < 4.78 is 40.5. The highest BCUT2D eigenvalue weighted by molar-refractivity contribution is 7.89. The van der Waals surface area contributed by atoms with Gasteiger partial charge in [0.2, 0.25) is 10.0 Å². The Morgan fingerprint density at radius 3 is 2.50 bits per heavy atom. The zero-order valence-electron chi connectivity index (χ0n) is 17.5. The molecule has 1 N–H and O–H groups in total. The van der Waals surface area contributed by atoms with Crippen LogP contribution in [0, 0.1) is 11.7 Å². The van der Waals surface area contributed by atoms with Gasteiger partial charge in [-0.1, -0.05) is 30.3 Å². The molecular weight excluding hydrogens is 403 g/mol. The molecule has 0 aromatic heterocycles. The lowest BCUT2D eigenvalue weighted by atomic mass is 9.98. The molecule has 0 atom stereocenters. The van der Waals surface area contributed by atoms with Crippen molar-refractivity contribution in [2.45, 2.75) is 24.3 Å². The van der Waals surface area contributed by atoms with E-state index in [1.807, 2.05) is 24.1 Å². The minimum atomic E-state index is -3.42. The van der Waals surface area contributed by atoms with Crippen molar-refractivity contribution in [1.82, 2.24) is 14.5 Å². The summed E-state index contributed by atoms with van der Waals surface area (Å²) in [4.78, 5) is 6.61. The molecule has 2 aromatic rings. The van der Waals surface area contributed by atoms with Gasteiger partial charge in [0.05, 0.1) is 4.90 Å². The van der Waals surface area contributed by atoms with Crippen LogP contribution in [0.5, 0.6) is 0 Å². The molecule has 0 aliphatic carbocycles. The van der Waals surface area contributed by atoms with Gasteiger partial charge in [0.25, 0.3) is 0 Å². The van der Waals surface area contributed by atoms with Crippen molar-refractivity contribution in [1.29, 1.82) is 0 Å². The average molecular weight is 433 g/mol. The van der Waals surface area contributed by atoms with Crippen LogP contribution in [0.2, 0.25) is 0 Å². The highest BCUT2D eigenvalue weighted by Crippen LogP contribution is 2.23. The fraction of sp³-hybridized carbons (Fsp3) is 0.409. The summed E-state index contributed by atoms with van der Waals surface area (Å²) in [6, 6.07) is 15.1. The van der Waals surface area contributed by atoms with Gasteiger partial charge in [0, 0.05) is 40.3 Å². The lowest BCUT2D eigenvalue weighted by Gasteiger charge is -2.32. The maximum Gasteiger partial charge on any atom is 0.243 e. The molecule has 3 rings (SSSR count). The molecule has 162 valence electrons. The Morgan fingerprint density at radius 1 is 1.17 bits per heavy atom. The van der Waals surface area contributed by atoms with Crippen molar-refractivity contribution in [2.24, 2.45) is 10.9 Å². The Balaban J connectivity index is 1.49. The lowest BCUT2D eigenvalue weighted by Crippen LogP contribution is -2.44. The van der Waals surface area contributed by atoms with E-state index in [0.29, 0.717) is 30.4 Å². The van der Waals surface area contributed by atoms with Crippen molar-refractivity contribution in [3.63, 3.8) is 0 Å². The average Bonchev–Trinajstić information content (AvgIpc) is 2.75. The third kappa shape index (κ3) is 5.58. The van der Waals surface area contributed by atoms with Crippen LogP contribution in [0.1, 0.15) is 18.4 Å². The molecule has 0 saturated carbocycles. The van der Waals surface area contributed by atoms with E-state index in [1.54, 1.807) is 41.7 Å². The number of aliphatic imine (C=N–C) groups is 1. The van der Waals surface area contributed by atoms with Crippen molar-refractivity contribution in [2.75, 3.05) is 33.7 Å². The van der Waals surface area contributed by atoms with Crippen molar-refractivity contribution in [3.8, 4) is 0 Å². The summed E-state index contributed by atoms with van der Waals surface area (Å²) in [7, 11) is 0.211. The van der Waals surface area contributed by atoms with E-state index >= 15 is 0 Å². The van der Waals surface area contributed by atoms with Crippen molar-refractivity contribution >= 4 is 16.0 Å². The van der Waals surface area contributed by atoms with Crippen LogP contribution < -0.4 is 5.32 Å². The van der Waals surface area contributed by atoms with Gasteiger partial charge in [-0.25, -0.2) is 12.8 Å². The Kier molecular flexibility index (Phi) is 7.44. The Labute approximate surface area is 178 Å². The van der Waals surface area contributed by atoms with Gasteiger partial charge in [0.1, 0.15) is 5.82 Å². The maximum absolute atomic E-state index is 13.4. The molecule has 0 radical (unpaired) electrons. The van der Waals surface area contributed by atoms with Crippen LogP contribution in [0.4, 0.5) is 4.39 Å². The maximum atomic E-state index is 13.4. The fourth-order valence-corrected chi connectivity index (χ4v) is 5.19. The van der Waals surface area contributed by atoms with Gasteiger partial charge >= 0.3 is 0 Å². The third-order valence-corrected chi connectivity index (χ3v) is 7.30. The van der Waals surface area contributed by atoms with E-state index in [0.717, 1.165) is 30.9 Å². The summed E-state index contributed by atoms with van der Waals surface area (Å²) in [5.41, 5.74) is 0.875. The number of rotatable bonds is 6. The number of hydrogen-bond acceptors (Lipinski definition) is 3. The number of nitrogens with zero attached hydrogens (tertiary/aromatic N) is 3. The van der Waals surface area contributed by atoms with Crippen molar-refractivity contribution < 1.29 is 12.8 Å². The van der Waals surface area contributed by atoms with Crippen molar-refractivity contribution in [3.05, 3.63) is 66.0 Å². The number of nitrogens with one attached hydrogen (secondary N) is 1. The Hall–Kier alpha value is -2.45. The van der Waals surface area contributed by atoms with E-state index in [9.17, 15) is 12.8 Å². The fourth-order valence-electron chi connectivity index (χ4n) is 3.70. The quantitative estimate of drug-likeness (QED) is 0.563. The van der Waals surface area contributed by atoms with E-state index in [1.165, 1.54) is 12.1 Å². The first kappa shape index (κ1) is 22.2. The predicted octanol–water partition coefficient (Wildman–Crippen LogP) is 2.93. The molecule has 1 aliphatic rings. The SMILES string of the molecule is CN=C(NCC1CCN(S(=O)(=O)c2ccccc2)CC1)N(C)Cc1cccc(F)c1. The normalized spacial score (nSPS) is 16.4. The number of benzene rings is 2. The highest BCUT2D eigenvalue weighted by atomic mass is 32.2. The molecule has 8 heteroatoms. The number of halogens is 1. The molecule has 0 bridgehead atoms. The summed E-state index contributed by atoms with van der Waals surface area (Å²) >= 11 is 0. The first-order chi connectivity index (χ1) is 14.4. The van der Waals surface area contributed by atoms with Crippen LogP contribution >= 0.6 is 0 Å². The van der Waals surface area contributed by atoms with Gasteiger partial charge in [-0.3, -0.25) is 4.99 Å². The minimum absolute atomic E-state index is 0.249. The van der Waals surface area contributed by atoms with Crippen LogP contribution in [0.25, 0.3) is 0 Å². The standard InChI is InChI=1S/C22H29FN4O2S/c1-24-22(26(2)17-19-7-6-8-20(23)15-19)25-16-18-11-13-27(14-12-18)30(28,29)21-9-4-3-5-10-21/h3-10,15,18H,11-14,16-17H2,1-2H3,(H,24,25). The molecule has 2 aromatic carbocycles. The number of sulfonamides is 1. The molecule has 1 fully saturated rings. The van der Waals surface area contributed by atoms with Gasteiger partial charge in [0.15, 0.2) is 5.96 Å². The first-order valence-electron chi connectivity index (χ1n) is 10.1. The molecule has 0 amide bonds. The van der Waals surface area contributed by atoms with Gasteiger partial charge in [-0.15, -0.1) is 0 Å². The largest absolute Gasteiger partial charge is 0.356 e. The number of guanidine groups is 1. The smallest absolute Gasteiger partial charge is 0.243 e. The second kappa shape index (κ2) is 10.0. The van der Waals surface area contributed by atoms with E-state index < -0.39 is 10.0 Å². The van der Waals surface area contributed by atoms with Crippen LogP contribution in [-0.4, -0.2) is 57.3 Å². The summed E-state index contributed by atoms with van der Waals surface area (Å²) in [6.45, 7) is 2.30. The van der Waals surface area contributed by atoms with E-state index in [-0.39, 0.29) is 5.82 Å². The first-order valence-corrected chi connectivity index (χ1v) is 11.6. The molecule has 6 nitrogen and oxygen atoms in total. The van der Waals surface area contributed by atoms with Crippen LogP contribution in [0.15, 0.2) is 64.5 Å². The Bertz CT molecular complexity index is 958. The second-order valence-corrected chi connectivity index (χ2v) is 9.51. The van der Waals surface area contributed by atoms with Gasteiger partial charge in [-0.2, -0.15) is 4.31 Å². The summed E-state index contributed by atoms with van der Waals surface area (Å²) in [5.74, 6) is 0.853. The lowest BCUT2D eigenvalue weighted by molar-refractivity contribution is 0.272. The summed E-state index contributed by atoms with van der Waals surface area (Å²) in [5, 5.41) is 3.37. The number of piperidine rings is 1. The van der Waals surface area contributed by atoms with Crippen LogP contribution in [0.3, 0.4) is 0 Å². The van der Waals surface area contributed by atoms with E-state index in [4.69, 9.17) is 0 Å². The predicted molar refractivity (Wildman–Crippen MR) is 117 cm³/mol. The molecule has 30 heavy (non-hydrogen) atoms. The second-order valence-electron chi connectivity index (χ2n) is 7.57. The summed E-state index contributed by atoms with van der Waals surface area (Å²) in [6.07, 6.45) is 1.59. The topological polar surface area (TPSA) is 65.0 Å². The van der Waals surface area contributed by atoms with Gasteiger partial charge < -0.3 is 10.2 Å². The molecule has 1 saturated heterocycles. The zero-order valence-corrected chi connectivity index (χ0v) is 18.3. The Morgan fingerprint density at radius 2 is 1.87 bits per heavy atom. The van der Waals surface area contributed by atoms with E-state index in [2.05, 4.69) is 10.3 Å².